The first kappa shape index (κ1) is 10.1. The Balaban J connectivity index is 1.96. The maximum atomic E-state index is 4.55. The molecule has 0 saturated carbocycles. The molecule has 1 N–H and O–H groups in total. The van der Waals surface area contributed by atoms with Gasteiger partial charge < -0.3 is 4.98 Å². The van der Waals surface area contributed by atoms with Crippen molar-refractivity contribution in [1.82, 2.24) is 19.7 Å². The van der Waals surface area contributed by atoms with Crippen molar-refractivity contribution < 1.29 is 0 Å². The Morgan fingerprint density at radius 3 is 3.06 bits per heavy atom. The molecule has 3 aromatic rings. The van der Waals surface area contributed by atoms with Crippen LogP contribution in [0.1, 0.15) is 18.3 Å². The van der Waals surface area contributed by atoms with E-state index in [1.165, 1.54) is 5.56 Å². The molecule has 0 aliphatic carbocycles. The van der Waals surface area contributed by atoms with Crippen LogP contribution in [0.25, 0.3) is 11.0 Å². The molecular weight excluding hydrogens is 212 g/mol. The minimum absolute atomic E-state index is 0.684. The molecule has 4 nitrogen and oxygen atoms in total. The minimum atomic E-state index is 0.684. The summed E-state index contributed by atoms with van der Waals surface area (Å²) in [7, 11) is 0. The van der Waals surface area contributed by atoms with Gasteiger partial charge in [-0.3, -0.25) is 4.68 Å². The topological polar surface area (TPSA) is 46.5 Å². The van der Waals surface area contributed by atoms with Gasteiger partial charge in [-0.15, -0.1) is 0 Å². The number of aromatic nitrogens is 4. The molecule has 0 aliphatic heterocycles. The van der Waals surface area contributed by atoms with E-state index in [9.17, 15) is 0 Å². The zero-order valence-electron chi connectivity index (χ0n) is 9.72. The second-order valence-electron chi connectivity index (χ2n) is 4.09. The highest BCUT2D eigenvalue weighted by molar-refractivity contribution is 5.75. The van der Waals surface area contributed by atoms with E-state index in [1.54, 1.807) is 6.20 Å². The Hall–Kier alpha value is -2.10. The summed E-state index contributed by atoms with van der Waals surface area (Å²) in [5.41, 5.74) is 3.45. The van der Waals surface area contributed by atoms with E-state index in [4.69, 9.17) is 0 Å². The quantitative estimate of drug-likeness (QED) is 0.745. The van der Waals surface area contributed by atoms with Crippen molar-refractivity contribution >= 4 is 11.0 Å². The molecule has 0 saturated heterocycles. The maximum absolute atomic E-state index is 4.55. The van der Waals surface area contributed by atoms with Crippen LogP contribution in [0, 0.1) is 0 Å². The lowest BCUT2D eigenvalue weighted by Gasteiger charge is -1.95. The van der Waals surface area contributed by atoms with Crippen LogP contribution >= 0.6 is 0 Å². The van der Waals surface area contributed by atoms with Crippen LogP contribution in [0.3, 0.4) is 0 Å². The van der Waals surface area contributed by atoms with Gasteiger partial charge in [-0.2, -0.15) is 5.10 Å². The van der Waals surface area contributed by atoms with Crippen molar-refractivity contribution in [2.75, 3.05) is 0 Å². The third-order valence-corrected chi connectivity index (χ3v) is 2.87. The molecule has 4 heteroatoms. The van der Waals surface area contributed by atoms with Gasteiger partial charge in [0.05, 0.1) is 17.6 Å². The fourth-order valence-corrected chi connectivity index (χ4v) is 1.95. The number of fused-ring (bicyclic) bond motifs is 1. The molecule has 0 radical (unpaired) electrons. The van der Waals surface area contributed by atoms with Crippen LogP contribution in [0.5, 0.6) is 0 Å². The van der Waals surface area contributed by atoms with Gasteiger partial charge in [0.15, 0.2) is 0 Å². The summed E-state index contributed by atoms with van der Waals surface area (Å²) >= 11 is 0. The summed E-state index contributed by atoms with van der Waals surface area (Å²) in [6.07, 6.45) is 4.76. The normalized spacial score (nSPS) is 11.1. The van der Waals surface area contributed by atoms with E-state index in [0.29, 0.717) is 6.54 Å². The van der Waals surface area contributed by atoms with E-state index in [-0.39, 0.29) is 0 Å². The van der Waals surface area contributed by atoms with Crippen LogP contribution in [-0.4, -0.2) is 19.7 Å². The van der Waals surface area contributed by atoms with Crippen molar-refractivity contribution in [2.45, 2.75) is 19.9 Å². The van der Waals surface area contributed by atoms with Crippen LogP contribution in [0.4, 0.5) is 0 Å². The fourth-order valence-electron chi connectivity index (χ4n) is 1.95. The van der Waals surface area contributed by atoms with Gasteiger partial charge in [-0.05, 0) is 30.2 Å². The van der Waals surface area contributed by atoms with Gasteiger partial charge in [-0.25, -0.2) is 4.98 Å². The molecule has 1 aromatic carbocycles. The number of H-pyrrole nitrogens is 1. The van der Waals surface area contributed by atoms with Crippen molar-refractivity contribution in [3.05, 3.63) is 48.0 Å². The minimum Gasteiger partial charge on any atom is -0.340 e. The smallest absolute Gasteiger partial charge is 0.129 e. The van der Waals surface area contributed by atoms with Crippen LogP contribution < -0.4 is 0 Å². The number of nitrogens with one attached hydrogen (secondary N) is 1. The molecule has 0 aliphatic rings. The third-order valence-electron chi connectivity index (χ3n) is 2.87. The Kier molecular flexibility index (Phi) is 2.40. The average Bonchev–Trinajstić information content (AvgIpc) is 2.96. The number of nitrogens with zero attached hydrogens (tertiary/aromatic N) is 3. The van der Waals surface area contributed by atoms with E-state index >= 15 is 0 Å². The zero-order valence-corrected chi connectivity index (χ0v) is 9.72. The van der Waals surface area contributed by atoms with Gasteiger partial charge in [0.2, 0.25) is 0 Å². The molecule has 3 rings (SSSR count). The standard InChI is InChI=1S/C13H14N4/c1-2-10-4-5-11-12(8-10)16-13(15-11)9-17-7-3-6-14-17/h3-8H,2,9H2,1H3,(H,15,16). The molecule has 2 heterocycles. The predicted molar refractivity (Wildman–Crippen MR) is 66.8 cm³/mol. The summed E-state index contributed by atoms with van der Waals surface area (Å²) in [5, 5.41) is 4.17. The summed E-state index contributed by atoms with van der Waals surface area (Å²) in [4.78, 5) is 7.88. The molecule has 0 amide bonds. The molecular formula is C13H14N4. The van der Waals surface area contributed by atoms with Crippen LogP contribution in [-0.2, 0) is 13.0 Å². The SMILES string of the molecule is CCc1ccc2nc(Cn3cccn3)[nH]c2c1. The molecule has 0 spiro atoms. The van der Waals surface area contributed by atoms with E-state index < -0.39 is 0 Å². The number of aromatic amines is 1. The van der Waals surface area contributed by atoms with Crippen LogP contribution in [0.2, 0.25) is 0 Å². The first-order chi connectivity index (χ1) is 8.35. The van der Waals surface area contributed by atoms with Gasteiger partial charge >= 0.3 is 0 Å². The van der Waals surface area contributed by atoms with Crippen molar-refractivity contribution in [3.8, 4) is 0 Å². The largest absolute Gasteiger partial charge is 0.340 e. The van der Waals surface area contributed by atoms with E-state index in [2.05, 4.69) is 40.2 Å². The molecule has 0 unspecified atom stereocenters. The number of benzene rings is 1. The van der Waals surface area contributed by atoms with E-state index in [0.717, 1.165) is 23.3 Å². The molecule has 86 valence electrons. The predicted octanol–water partition coefficient (Wildman–Crippen LogP) is 2.37. The molecule has 0 bridgehead atoms. The van der Waals surface area contributed by atoms with E-state index in [1.807, 2.05) is 16.9 Å². The highest BCUT2D eigenvalue weighted by atomic mass is 15.3. The summed E-state index contributed by atoms with van der Waals surface area (Å²) in [5.74, 6) is 0.942. The van der Waals surface area contributed by atoms with Gasteiger partial charge in [0.1, 0.15) is 5.82 Å². The second-order valence-corrected chi connectivity index (χ2v) is 4.09. The lowest BCUT2D eigenvalue weighted by molar-refractivity contribution is 0.663. The highest BCUT2D eigenvalue weighted by Crippen LogP contribution is 2.14. The van der Waals surface area contributed by atoms with Gasteiger partial charge in [-0.1, -0.05) is 13.0 Å². The monoisotopic (exact) mass is 226 g/mol. The number of hydrogen-bond donors (Lipinski definition) is 1. The van der Waals surface area contributed by atoms with Crippen LogP contribution in [0.15, 0.2) is 36.7 Å². The maximum Gasteiger partial charge on any atom is 0.129 e. The van der Waals surface area contributed by atoms with Gasteiger partial charge in [0, 0.05) is 12.4 Å². The summed E-state index contributed by atoms with van der Waals surface area (Å²) in [6, 6.07) is 8.27. The summed E-state index contributed by atoms with van der Waals surface area (Å²) in [6.45, 7) is 2.84. The first-order valence-corrected chi connectivity index (χ1v) is 5.80. The number of hydrogen-bond acceptors (Lipinski definition) is 2. The lowest BCUT2D eigenvalue weighted by atomic mass is 10.1. The second kappa shape index (κ2) is 4.05. The van der Waals surface area contributed by atoms with Crippen molar-refractivity contribution in [2.24, 2.45) is 0 Å². The molecule has 0 fully saturated rings. The number of aryl methyl sites for hydroxylation is 1. The van der Waals surface area contributed by atoms with Gasteiger partial charge in [0.25, 0.3) is 0 Å². The average molecular weight is 226 g/mol. The number of imidazole rings is 1. The Labute approximate surface area is 99.3 Å². The Bertz CT molecular complexity index is 622. The molecule has 0 atom stereocenters. The fraction of sp³-hybridized carbons (Fsp3) is 0.231. The lowest BCUT2D eigenvalue weighted by Crippen LogP contribution is -2.01. The first-order valence-electron chi connectivity index (χ1n) is 5.80. The zero-order chi connectivity index (χ0) is 11.7. The third kappa shape index (κ3) is 1.93. The molecule has 17 heavy (non-hydrogen) atoms. The Morgan fingerprint density at radius 1 is 1.35 bits per heavy atom. The highest BCUT2D eigenvalue weighted by Gasteiger charge is 2.03. The summed E-state index contributed by atoms with van der Waals surface area (Å²) < 4.78 is 1.86. The Morgan fingerprint density at radius 2 is 2.29 bits per heavy atom. The van der Waals surface area contributed by atoms with Crippen molar-refractivity contribution in [1.29, 1.82) is 0 Å². The van der Waals surface area contributed by atoms with Crippen molar-refractivity contribution in [3.63, 3.8) is 0 Å². The number of rotatable bonds is 3. The molecule has 2 aromatic heterocycles.